The van der Waals surface area contributed by atoms with E-state index in [-0.39, 0.29) is 5.69 Å². The van der Waals surface area contributed by atoms with E-state index in [1.165, 1.54) is 0 Å². The highest BCUT2D eigenvalue weighted by Gasteiger charge is 2.21. The maximum Gasteiger partial charge on any atom is 0.359 e. The van der Waals surface area contributed by atoms with Gasteiger partial charge in [0.15, 0.2) is 11.3 Å². The Kier molecular flexibility index (Phi) is 3.52. The maximum absolute atomic E-state index is 12.2. The molecule has 0 unspecified atom stereocenters. The van der Waals surface area contributed by atoms with Crippen molar-refractivity contribution in [2.75, 3.05) is 5.73 Å². The van der Waals surface area contributed by atoms with Gasteiger partial charge in [-0.1, -0.05) is 12.1 Å². The summed E-state index contributed by atoms with van der Waals surface area (Å²) in [5.41, 5.74) is 8.43. The Morgan fingerprint density at radius 3 is 2.70 bits per heavy atom. The number of ether oxygens (including phenoxy) is 1. The molecule has 1 aromatic carbocycles. The molecule has 6 nitrogen and oxygen atoms in total. The van der Waals surface area contributed by atoms with Crippen LogP contribution in [0.5, 0.6) is 0 Å². The third-order valence-electron chi connectivity index (χ3n) is 3.15. The molecule has 3 aromatic rings. The molecule has 0 atom stereocenters. The molecule has 0 aliphatic carbocycles. The summed E-state index contributed by atoms with van der Waals surface area (Å²) in [6.45, 7) is 5.45. The van der Waals surface area contributed by atoms with Gasteiger partial charge in [0.25, 0.3) is 0 Å². The first-order chi connectivity index (χ1) is 10.8. The van der Waals surface area contributed by atoms with Crippen LogP contribution >= 0.6 is 0 Å². The zero-order chi connectivity index (χ0) is 16.6. The van der Waals surface area contributed by atoms with Gasteiger partial charge in [-0.05, 0) is 39.0 Å². The van der Waals surface area contributed by atoms with E-state index in [4.69, 9.17) is 10.5 Å². The van der Waals surface area contributed by atoms with Crippen molar-refractivity contribution in [2.45, 2.75) is 26.4 Å². The van der Waals surface area contributed by atoms with E-state index in [0.29, 0.717) is 11.3 Å². The summed E-state index contributed by atoms with van der Waals surface area (Å²) in [4.78, 5) is 16.4. The fraction of sp³-hybridized carbons (Fsp3) is 0.235. The average molecular weight is 310 g/mol. The van der Waals surface area contributed by atoms with Gasteiger partial charge in [0.1, 0.15) is 5.60 Å². The Morgan fingerprint density at radius 1 is 1.22 bits per heavy atom. The summed E-state index contributed by atoms with van der Waals surface area (Å²) in [5.74, 6) is -0.471. The van der Waals surface area contributed by atoms with Gasteiger partial charge in [-0.25, -0.2) is 14.3 Å². The van der Waals surface area contributed by atoms with Gasteiger partial charge in [0, 0.05) is 23.5 Å². The zero-order valence-electron chi connectivity index (χ0n) is 13.3. The molecule has 0 aliphatic heterocycles. The van der Waals surface area contributed by atoms with Crippen LogP contribution in [0, 0.1) is 0 Å². The lowest BCUT2D eigenvalue weighted by atomic mass is 10.1. The molecule has 23 heavy (non-hydrogen) atoms. The van der Waals surface area contributed by atoms with Gasteiger partial charge in [-0.15, -0.1) is 0 Å². The standard InChI is InChI=1S/C17H18N4O2/c1-17(2,3)23-16(22)13-10-15-19-8-7-14(21(15)20-13)11-5-4-6-12(18)9-11/h4-10H,18H2,1-3H3. The third-order valence-corrected chi connectivity index (χ3v) is 3.15. The number of benzene rings is 1. The number of nitrogens with zero attached hydrogens (tertiary/aromatic N) is 3. The minimum absolute atomic E-state index is 0.226. The molecule has 2 N–H and O–H groups in total. The minimum Gasteiger partial charge on any atom is -0.455 e. The van der Waals surface area contributed by atoms with Crippen LogP contribution in [-0.2, 0) is 4.74 Å². The Labute approximate surface area is 133 Å². The van der Waals surface area contributed by atoms with Crippen molar-refractivity contribution < 1.29 is 9.53 Å². The normalized spacial score (nSPS) is 11.6. The van der Waals surface area contributed by atoms with Gasteiger partial charge in [-0.2, -0.15) is 5.10 Å². The number of carbonyl (C=O) groups excluding carboxylic acids is 1. The van der Waals surface area contributed by atoms with Gasteiger partial charge < -0.3 is 10.5 Å². The number of fused-ring (bicyclic) bond motifs is 1. The number of hydrogen-bond donors (Lipinski definition) is 1. The third kappa shape index (κ3) is 3.15. The molecule has 0 spiro atoms. The van der Waals surface area contributed by atoms with Crippen molar-refractivity contribution in [3.63, 3.8) is 0 Å². The number of anilines is 1. The largest absolute Gasteiger partial charge is 0.455 e. The maximum atomic E-state index is 12.2. The summed E-state index contributed by atoms with van der Waals surface area (Å²) in [7, 11) is 0. The molecular weight excluding hydrogens is 292 g/mol. The second kappa shape index (κ2) is 5.39. The topological polar surface area (TPSA) is 82.5 Å². The van der Waals surface area contributed by atoms with Crippen LogP contribution in [0.1, 0.15) is 31.3 Å². The first-order valence-electron chi connectivity index (χ1n) is 7.27. The molecule has 6 heteroatoms. The van der Waals surface area contributed by atoms with Gasteiger partial charge >= 0.3 is 5.97 Å². The molecule has 0 fully saturated rings. The van der Waals surface area contributed by atoms with Crippen molar-refractivity contribution in [2.24, 2.45) is 0 Å². The van der Waals surface area contributed by atoms with E-state index in [2.05, 4.69) is 10.1 Å². The first-order valence-corrected chi connectivity index (χ1v) is 7.27. The number of rotatable bonds is 2. The number of esters is 1. The van der Waals surface area contributed by atoms with Crippen molar-refractivity contribution in [1.82, 2.24) is 14.6 Å². The number of nitrogens with two attached hydrogens (primary N) is 1. The van der Waals surface area contributed by atoms with Crippen molar-refractivity contribution in [3.05, 3.63) is 48.3 Å². The molecule has 2 aromatic heterocycles. The lowest BCUT2D eigenvalue weighted by molar-refractivity contribution is 0.00625. The van der Waals surface area contributed by atoms with E-state index >= 15 is 0 Å². The lowest BCUT2D eigenvalue weighted by Gasteiger charge is -2.18. The highest BCUT2D eigenvalue weighted by Crippen LogP contribution is 2.22. The number of nitrogen functional groups attached to an aromatic ring is 1. The Balaban J connectivity index is 2.07. The molecule has 0 saturated heterocycles. The Bertz CT molecular complexity index is 878. The minimum atomic E-state index is -0.572. The van der Waals surface area contributed by atoms with E-state index in [1.807, 2.05) is 51.1 Å². The van der Waals surface area contributed by atoms with Gasteiger partial charge in [-0.3, -0.25) is 0 Å². The molecule has 118 valence electrons. The fourth-order valence-electron chi connectivity index (χ4n) is 2.24. The predicted molar refractivity (Wildman–Crippen MR) is 88.0 cm³/mol. The zero-order valence-corrected chi connectivity index (χ0v) is 13.3. The molecule has 0 aliphatic rings. The quantitative estimate of drug-likeness (QED) is 0.581. The summed E-state index contributed by atoms with van der Waals surface area (Å²) >= 11 is 0. The van der Waals surface area contributed by atoms with E-state index < -0.39 is 11.6 Å². The van der Waals surface area contributed by atoms with Gasteiger partial charge in [0.2, 0.25) is 0 Å². The van der Waals surface area contributed by atoms with Crippen LogP contribution < -0.4 is 5.73 Å². The van der Waals surface area contributed by atoms with Gasteiger partial charge in [0.05, 0.1) is 5.69 Å². The number of aromatic nitrogens is 3. The van der Waals surface area contributed by atoms with Crippen LogP contribution in [0.4, 0.5) is 5.69 Å². The Morgan fingerprint density at radius 2 is 2.00 bits per heavy atom. The molecule has 0 saturated carbocycles. The molecule has 0 amide bonds. The van der Waals surface area contributed by atoms with Crippen molar-refractivity contribution in [1.29, 1.82) is 0 Å². The van der Waals surface area contributed by atoms with Crippen LogP contribution in [-0.4, -0.2) is 26.2 Å². The second-order valence-corrected chi connectivity index (χ2v) is 6.26. The van der Waals surface area contributed by atoms with Crippen LogP contribution in [0.3, 0.4) is 0 Å². The number of hydrogen-bond acceptors (Lipinski definition) is 5. The summed E-state index contributed by atoms with van der Waals surface area (Å²) in [6.07, 6.45) is 1.68. The van der Waals surface area contributed by atoms with Crippen LogP contribution in [0.2, 0.25) is 0 Å². The smallest absolute Gasteiger partial charge is 0.359 e. The second-order valence-electron chi connectivity index (χ2n) is 6.26. The van der Waals surface area contributed by atoms with E-state index in [1.54, 1.807) is 16.8 Å². The fourth-order valence-corrected chi connectivity index (χ4v) is 2.24. The van der Waals surface area contributed by atoms with E-state index in [9.17, 15) is 4.79 Å². The molecular formula is C17H18N4O2. The summed E-state index contributed by atoms with van der Waals surface area (Å²) in [5, 5.41) is 4.34. The monoisotopic (exact) mass is 310 g/mol. The van der Waals surface area contributed by atoms with Crippen LogP contribution in [0.15, 0.2) is 42.6 Å². The van der Waals surface area contributed by atoms with Crippen molar-refractivity contribution >= 4 is 17.3 Å². The van der Waals surface area contributed by atoms with Crippen LogP contribution in [0.25, 0.3) is 16.9 Å². The highest BCUT2D eigenvalue weighted by atomic mass is 16.6. The summed E-state index contributed by atoms with van der Waals surface area (Å²) < 4.78 is 6.97. The summed E-state index contributed by atoms with van der Waals surface area (Å²) in [6, 6.07) is 10.9. The molecule has 0 bridgehead atoms. The SMILES string of the molecule is CC(C)(C)OC(=O)c1cc2nccc(-c3cccc(N)c3)n2n1. The molecule has 3 rings (SSSR count). The predicted octanol–water partition coefficient (Wildman–Crippen LogP) is 2.93. The molecule has 0 radical (unpaired) electrons. The first kappa shape index (κ1) is 15.0. The van der Waals surface area contributed by atoms with Crippen molar-refractivity contribution in [3.8, 4) is 11.3 Å². The lowest BCUT2D eigenvalue weighted by Crippen LogP contribution is -2.24. The van der Waals surface area contributed by atoms with E-state index in [0.717, 1.165) is 11.3 Å². The highest BCUT2D eigenvalue weighted by molar-refractivity contribution is 5.89. The molecule has 2 heterocycles. The number of carbonyl (C=O) groups is 1. The Hall–Kier alpha value is -2.89. The average Bonchev–Trinajstić information content (AvgIpc) is 2.89.